The van der Waals surface area contributed by atoms with Crippen molar-refractivity contribution in [2.24, 2.45) is 5.92 Å². The van der Waals surface area contributed by atoms with Crippen LogP contribution in [0.3, 0.4) is 0 Å². The topological polar surface area (TPSA) is 32.8 Å². The van der Waals surface area contributed by atoms with E-state index >= 15 is 0 Å². The summed E-state index contributed by atoms with van der Waals surface area (Å²) in [6.07, 6.45) is 3.94. The van der Waals surface area contributed by atoms with Crippen molar-refractivity contribution in [2.75, 3.05) is 39.8 Å². The fraction of sp³-hybridized carbons (Fsp3) is 0.458. The standard InChI is InChI=1S/C24H29FN2O2S/c1-29-22-4-2-5-23-21(22)12-17-27(30-23)14-3-13-26-15-10-19(11-16-26)24(28)18-6-8-20(25)9-7-18/h2,4-9,19H,3,10-17H2,1H3. The molecule has 2 aromatic carbocycles. The molecule has 0 N–H and O–H groups in total. The van der Waals surface area contributed by atoms with Gasteiger partial charge in [-0.3, -0.25) is 4.79 Å². The number of carbonyl (C=O) groups is 1. The maximum atomic E-state index is 13.1. The average molecular weight is 429 g/mol. The van der Waals surface area contributed by atoms with Crippen molar-refractivity contribution in [3.63, 3.8) is 0 Å². The fourth-order valence-electron chi connectivity index (χ4n) is 4.39. The van der Waals surface area contributed by atoms with Crippen molar-refractivity contribution < 1.29 is 13.9 Å². The third kappa shape index (κ3) is 5.05. The summed E-state index contributed by atoms with van der Waals surface area (Å²) < 4.78 is 21.0. The number of likely N-dealkylation sites (tertiary alicyclic amines) is 1. The van der Waals surface area contributed by atoms with Gasteiger partial charge in [0, 0.05) is 35.0 Å². The van der Waals surface area contributed by atoms with Crippen molar-refractivity contribution in [2.45, 2.75) is 30.6 Å². The molecule has 160 valence electrons. The molecule has 2 heterocycles. The predicted molar refractivity (Wildman–Crippen MR) is 119 cm³/mol. The molecule has 0 bridgehead atoms. The Morgan fingerprint density at radius 3 is 2.60 bits per heavy atom. The Morgan fingerprint density at radius 2 is 1.87 bits per heavy atom. The minimum atomic E-state index is -0.295. The highest BCUT2D eigenvalue weighted by molar-refractivity contribution is 7.97. The third-order valence-electron chi connectivity index (χ3n) is 6.12. The van der Waals surface area contributed by atoms with Gasteiger partial charge in [-0.15, -0.1) is 0 Å². The number of fused-ring (bicyclic) bond motifs is 1. The van der Waals surface area contributed by atoms with Crippen LogP contribution in [0.15, 0.2) is 47.4 Å². The van der Waals surface area contributed by atoms with Crippen molar-refractivity contribution in [3.05, 3.63) is 59.4 Å². The molecule has 4 rings (SSSR count). The largest absolute Gasteiger partial charge is 0.496 e. The lowest BCUT2D eigenvalue weighted by Gasteiger charge is -2.32. The molecule has 1 fully saturated rings. The van der Waals surface area contributed by atoms with Gasteiger partial charge in [-0.25, -0.2) is 8.70 Å². The summed E-state index contributed by atoms with van der Waals surface area (Å²) in [5.41, 5.74) is 1.96. The Kier molecular flexibility index (Phi) is 7.08. The van der Waals surface area contributed by atoms with Gasteiger partial charge >= 0.3 is 0 Å². The first kappa shape index (κ1) is 21.3. The summed E-state index contributed by atoms with van der Waals surface area (Å²) >= 11 is 1.84. The van der Waals surface area contributed by atoms with Crippen molar-refractivity contribution in [1.29, 1.82) is 0 Å². The van der Waals surface area contributed by atoms with Gasteiger partial charge in [0.1, 0.15) is 11.6 Å². The SMILES string of the molecule is COc1cccc2c1CCN(CCCN1CCC(C(=O)c3ccc(F)cc3)CC1)S2. The van der Waals surface area contributed by atoms with Crippen LogP contribution >= 0.6 is 11.9 Å². The quantitative estimate of drug-likeness (QED) is 0.472. The average Bonchev–Trinajstić information content (AvgIpc) is 2.79. The number of halogens is 1. The molecule has 0 spiro atoms. The van der Waals surface area contributed by atoms with Gasteiger partial charge in [0.15, 0.2) is 5.78 Å². The zero-order valence-electron chi connectivity index (χ0n) is 17.5. The van der Waals surface area contributed by atoms with Crippen LogP contribution in [-0.4, -0.2) is 54.8 Å². The monoisotopic (exact) mass is 428 g/mol. The van der Waals surface area contributed by atoms with Crippen molar-refractivity contribution >= 4 is 17.7 Å². The highest BCUT2D eigenvalue weighted by atomic mass is 32.2. The second kappa shape index (κ2) is 9.94. The first-order valence-corrected chi connectivity index (χ1v) is 11.5. The van der Waals surface area contributed by atoms with Crippen LogP contribution in [0.5, 0.6) is 5.75 Å². The van der Waals surface area contributed by atoms with Crippen LogP contribution < -0.4 is 4.74 Å². The molecule has 6 heteroatoms. The van der Waals surface area contributed by atoms with E-state index in [-0.39, 0.29) is 17.5 Å². The summed E-state index contributed by atoms with van der Waals surface area (Å²) in [7, 11) is 1.74. The van der Waals surface area contributed by atoms with Gasteiger partial charge < -0.3 is 9.64 Å². The van der Waals surface area contributed by atoms with Gasteiger partial charge in [0.2, 0.25) is 0 Å². The number of Topliss-reactive ketones (excluding diaryl/α,β-unsaturated/α-hetero) is 1. The number of ketones is 1. The van der Waals surface area contributed by atoms with Gasteiger partial charge in [0.05, 0.1) is 7.11 Å². The molecule has 0 radical (unpaired) electrons. The van der Waals surface area contributed by atoms with Crippen LogP contribution in [0.25, 0.3) is 0 Å². The lowest BCUT2D eigenvalue weighted by Crippen LogP contribution is -2.38. The van der Waals surface area contributed by atoms with Crippen molar-refractivity contribution in [1.82, 2.24) is 9.21 Å². The fourth-order valence-corrected chi connectivity index (χ4v) is 5.52. The second-order valence-electron chi connectivity index (χ2n) is 8.05. The Labute approximate surface area is 182 Å². The molecule has 0 atom stereocenters. The van der Waals surface area contributed by atoms with Gasteiger partial charge in [-0.2, -0.15) is 0 Å². The maximum absolute atomic E-state index is 13.1. The summed E-state index contributed by atoms with van der Waals surface area (Å²) in [6, 6.07) is 12.2. The molecule has 4 nitrogen and oxygen atoms in total. The minimum absolute atomic E-state index is 0.0656. The van der Waals surface area contributed by atoms with E-state index in [0.717, 1.165) is 64.2 Å². The van der Waals surface area contributed by atoms with Crippen LogP contribution in [0, 0.1) is 11.7 Å². The smallest absolute Gasteiger partial charge is 0.166 e. The first-order chi connectivity index (χ1) is 14.6. The third-order valence-corrected chi connectivity index (χ3v) is 7.32. The van der Waals surface area contributed by atoms with E-state index in [4.69, 9.17) is 4.74 Å². The Hall–Kier alpha value is -1.89. The predicted octanol–water partition coefficient (Wildman–Crippen LogP) is 4.68. The summed E-state index contributed by atoms with van der Waals surface area (Å²) in [5, 5.41) is 0. The van der Waals surface area contributed by atoms with E-state index in [1.165, 1.54) is 22.6 Å². The molecule has 0 aromatic heterocycles. The zero-order valence-corrected chi connectivity index (χ0v) is 18.3. The molecular formula is C24H29FN2O2S. The number of rotatable bonds is 7. The normalized spacial score (nSPS) is 18.2. The highest BCUT2D eigenvalue weighted by Crippen LogP contribution is 2.36. The van der Waals surface area contributed by atoms with E-state index in [2.05, 4.69) is 21.3 Å². The lowest BCUT2D eigenvalue weighted by atomic mass is 9.89. The molecule has 2 aliphatic heterocycles. The number of nitrogens with zero attached hydrogens (tertiary/aromatic N) is 2. The summed E-state index contributed by atoms with van der Waals surface area (Å²) in [5.74, 6) is 0.929. The number of hydrogen-bond donors (Lipinski definition) is 0. The Morgan fingerprint density at radius 1 is 1.10 bits per heavy atom. The van der Waals surface area contributed by atoms with Gasteiger partial charge in [-0.1, -0.05) is 6.07 Å². The number of methoxy groups -OCH3 is 1. The van der Waals surface area contributed by atoms with Crippen molar-refractivity contribution in [3.8, 4) is 5.75 Å². The van der Waals surface area contributed by atoms with E-state index in [1.807, 2.05) is 18.0 Å². The number of carbonyl (C=O) groups excluding carboxylic acids is 1. The molecule has 2 aromatic rings. The minimum Gasteiger partial charge on any atom is -0.496 e. The van der Waals surface area contributed by atoms with Crippen LogP contribution in [0.4, 0.5) is 4.39 Å². The number of benzene rings is 2. The van der Waals surface area contributed by atoms with Crippen LogP contribution in [-0.2, 0) is 6.42 Å². The molecule has 30 heavy (non-hydrogen) atoms. The van der Waals surface area contributed by atoms with Gasteiger partial charge in [-0.05, 0) is 93.7 Å². The first-order valence-electron chi connectivity index (χ1n) is 10.7. The van der Waals surface area contributed by atoms with Crippen LogP contribution in [0.1, 0.15) is 35.2 Å². The summed E-state index contributed by atoms with van der Waals surface area (Å²) in [4.78, 5) is 16.4. The Balaban J connectivity index is 1.19. The summed E-state index contributed by atoms with van der Waals surface area (Å²) in [6.45, 7) is 5.11. The van der Waals surface area contributed by atoms with E-state index in [9.17, 15) is 9.18 Å². The second-order valence-corrected chi connectivity index (χ2v) is 9.19. The molecule has 0 amide bonds. The molecule has 0 aliphatic carbocycles. The van der Waals surface area contributed by atoms with E-state index in [1.54, 1.807) is 19.2 Å². The molecule has 0 saturated carbocycles. The maximum Gasteiger partial charge on any atom is 0.166 e. The number of piperidine rings is 1. The van der Waals surface area contributed by atoms with Crippen LogP contribution in [0.2, 0.25) is 0 Å². The molecular weight excluding hydrogens is 399 g/mol. The molecule has 1 saturated heterocycles. The number of hydrogen-bond acceptors (Lipinski definition) is 5. The van der Waals surface area contributed by atoms with E-state index in [0.29, 0.717) is 5.56 Å². The number of ether oxygens (including phenoxy) is 1. The van der Waals surface area contributed by atoms with E-state index < -0.39 is 0 Å². The Bertz CT molecular complexity index is 866. The zero-order chi connectivity index (χ0) is 20.9. The highest BCUT2D eigenvalue weighted by Gasteiger charge is 2.26. The molecule has 0 unspecified atom stereocenters. The molecule has 2 aliphatic rings. The van der Waals surface area contributed by atoms with Gasteiger partial charge in [0.25, 0.3) is 0 Å². The lowest BCUT2D eigenvalue weighted by molar-refractivity contribution is 0.0838.